The van der Waals surface area contributed by atoms with Crippen LogP contribution in [0.5, 0.6) is 11.5 Å². The van der Waals surface area contributed by atoms with E-state index in [2.05, 4.69) is 15.3 Å². The number of rotatable bonds is 5. The highest BCUT2D eigenvalue weighted by Crippen LogP contribution is 2.30. The predicted molar refractivity (Wildman–Crippen MR) is 99.4 cm³/mol. The van der Waals surface area contributed by atoms with Crippen molar-refractivity contribution in [3.8, 4) is 11.5 Å². The predicted octanol–water partition coefficient (Wildman–Crippen LogP) is 3.17. The maximum atomic E-state index is 12.7. The minimum absolute atomic E-state index is 0.0455. The van der Waals surface area contributed by atoms with Crippen molar-refractivity contribution in [2.45, 2.75) is 26.2 Å². The van der Waals surface area contributed by atoms with Crippen LogP contribution in [0.1, 0.15) is 35.4 Å². The molecule has 1 aromatic heterocycles. The number of aromatic nitrogens is 2. The first kappa shape index (κ1) is 18.0. The third kappa shape index (κ3) is 4.04. The van der Waals surface area contributed by atoms with Gasteiger partial charge in [0.2, 0.25) is 5.95 Å². The molecule has 138 valence electrons. The van der Waals surface area contributed by atoms with Crippen molar-refractivity contribution in [2.75, 3.05) is 32.6 Å². The van der Waals surface area contributed by atoms with Crippen LogP contribution in [0.15, 0.2) is 24.3 Å². The van der Waals surface area contributed by atoms with Crippen LogP contribution < -0.4 is 14.8 Å². The molecule has 7 heteroatoms. The van der Waals surface area contributed by atoms with E-state index in [0.717, 1.165) is 31.6 Å². The summed E-state index contributed by atoms with van der Waals surface area (Å²) in [5, 5.41) is 3.14. The topological polar surface area (TPSA) is 76.6 Å². The fourth-order valence-electron chi connectivity index (χ4n) is 3.03. The van der Waals surface area contributed by atoms with E-state index in [-0.39, 0.29) is 5.91 Å². The highest BCUT2D eigenvalue weighted by molar-refractivity contribution is 5.92. The molecule has 0 spiro atoms. The number of amides is 1. The van der Waals surface area contributed by atoms with E-state index in [9.17, 15) is 4.79 Å². The molecule has 1 aliphatic rings. The van der Waals surface area contributed by atoms with Crippen LogP contribution in [-0.2, 0) is 0 Å². The molecule has 1 N–H and O–H groups in total. The number of anilines is 2. The summed E-state index contributed by atoms with van der Waals surface area (Å²) >= 11 is 0. The second-order valence-electron chi connectivity index (χ2n) is 6.26. The van der Waals surface area contributed by atoms with Gasteiger partial charge in [-0.25, -0.2) is 9.97 Å². The number of ether oxygens (including phenoxy) is 2. The Balaban J connectivity index is 1.87. The van der Waals surface area contributed by atoms with Gasteiger partial charge in [0, 0.05) is 24.8 Å². The maximum absolute atomic E-state index is 12.7. The van der Waals surface area contributed by atoms with E-state index in [4.69, 9.17) is 9.47 Å². The van der Waals surface area contributed by atoms with Gasteiger partial charge in [0.05, 0.1) is 19.9 Å². The maximum Gasteiger partial charge on any atom is 0.272 e. The molecule has 0 saturated carbocycles. The van der Waals surface area contributed by atoms with E-state index in [1.807, 2.05) is 17.9 Å². The van der Waals surface area contributed by atoms with E-state index in [1.165, 1.54) is 6.42 Å². The Hall–Kier alpha value is -2.83. The number of nitrogens with one attached hydrogen (secondary N) is 1. The van der Waals surface area contributed by atoms with Gasteiger partial charge in [0.1, 0.15) is 17.2 Å². The summed E-state index contributed by atoms with van der Waals surface area (Å²) in [5.41, 5.74) is 1.81. The molecule has 0 radical (unpaired) electrons. The second kappa shape index (κ2) is 8.03. The van der Waals surface area contributed by atoms with Gasteiger partial charge in [-0.2, -0.15) is 0 Å². The average Bonchev–Trinajstić information content (AvgIpc) is 2.67. The number of aryl methyl sites for hydroxylation is 1. The zero-order valence-corrected chi connectivity index (χ0v) is 15.4. The van der Waals surface area contributed by atoms with Crippen molar-refractivity contribution >= 4 is 17.5 Å². The van der Waals surface area contributed by atoms with E-state index in [1.54, 1.807) is 32.4 Å². The van der Waals surface area contributed by atoms with Gasteiger partial charge >= 0.3 is 0 Å². The Morgan fingerprint density at radius 3 is 2.54 bits per heavy atom. The molecular formula is C19H24N4O3. The number of likely N-dealkylation sites (tertiary alicyclic amines) is 1. The summed E-state index contributed by atoms with van der Waals surface area (Å²) in [6.45, 7) is 3.42. The van der Waals surface area contributed by atoms with Crippen molar-refractivity contribution < 1.29 is 14.3 Å². The lowest BCUT2D eigenvalue weighted by atomic mass is 10.1. The van der Waals surface area contributed by atoms with Crippen molar-refractivity contribution in [2.24, 2.45) is 0 Å². The minimum atomic E-state index is -0.0455. The molecule has 0 bridgehead atoms. The third-order valence-corrected chi connectivity index (χ3v) is 4.37. The zero-order valence-electron chi connectivity index (χ0n) is 15.4. The van der Waals surface area contributed by atoms with E-state index < -0.39 is 0 Å². The molecule has 1 amide bonds. The first-order valence-corrected chi connectivity index (χ1v) is 8.74. The molecule has 3 rings (SSSR count). The first-order valence-electron chi connectivity index (χ1n) is 8.74. The summed E-state index contributed by atoms with van der Waals surface area (Å²) < 4.78 is 10.6. The third-order valence-electron chi connectivity index (χ3n) is 4.37. The van der Waals surface area contributed by atoms with Gasteiger partial charge in [0.15, 0.2) is 0 Å². The Bertz CT molecular complexity index is 788. The fraction of sp³-hybridized carbons (Fsp3) is 0.421. The number of hydrogen-bond acceptors (Lipinski definition) is 6. The van der Waals surface area contributed by atoms with Crippen molar-refractivity contribution in [1.82, 2.24) is 14.9 Å². The average molecular weight is 356 g/mol. The van der Waals surface area contributed by atoms with Gasteiger partial charge in [-0.1, -0.05) is 0 Å². The molecule has 26 heavy (non-hydrogen) atoms. The van der Waals surface area contributed by atoms with Gasteiger partial charge in [0.25, 0.3) is 5.91 Å². The van der Waals surface area contributed by atoms with Gasteiger partial charge in [-0.15, -0.1) is 0 Å². The van der Waals surface area contributed by atoms with E-state index >= 15 is 0 Å². The summed E-state index contributed by atoms with van der Waals surface area (Å²) in [6.07, 6.45) is 3.26. The number of benzene rings is 1. The lowest BCUT2D eigenvalue weighted by molar-refractivity contribution is 0.0718. The van der Waals surface area contributed by atoms with Crippen LogP contribution in [0.2, 0.25) is 0 Å². The summed E-state index contributed by atoms with van der Waals surface area (Å²) in [4.78, 5) is 23.4. The van der Waals surface area contributed by atoms with Crippen LogP contribution in [0.4, 0.5) is 11.6 Å². The largest absolute Gasteiger partial charge is 0.497 e. The van der Waals surface area contributed by atoms with Crippen molar-refractivity contribution in [1.29, 1.82) is 0 Å². The SMILES string of the molecule is COc1ccc(OC)c(Nc2nc(C)cc(C(=O)N3CCCCC3)n2)c1. The Labute approximate surface area is 153 Å². The quantitative estimate of drug-likeness (QED) is 0.887. The molecular weight excluding hydrogens is 332 g/mol. The molecule has 0 aliphatic carbocycles. The van der Waals surface area contributed by atoms with Gasteiger partial charge < -0.3 is 19.7 Å². The highest BCUT2D eigenvalue weighted by atomic mass is 16.5. The smallest absolute Gasteiger partial charge is 0.272 e. The van der Waals surface area contributed by atoms with Crippen molar-refractivity contribution in [3.63, 3.8) is 0 Å². The van der Waals surface area contributed by atoms with Crippen molar-refractivity contribution in [3.05, 3.63) is 35.7 Å². The summed E-state index contributed by atoms with van der Waals surface area (Å²) in [6, 6.07) is 7.14. The lowest BCUT2D eigenvalue weighted by Gasteiger charge is -2.26. The molecule has 7 nitrogen and oxygen atoms in total. The molecule has 2 heterocycles. The molecule has 2 aromatic rings. The molecule has 1 saturated heterocycles. The Morgan fingerprint density at radius 1 is 1.08 bits per heavy atom. The molecule has 0 atom stereocenters. The lowest BCUT2D eigenvalue weighted by Crippen LogP contribution is -2.36. The Kier molecular flexibility index (Phi) is 5.55. The molecule has 0 unspecified atom stereocenters. The monoisotopic (exact) mass is 356 g/mol. The van der Waals surface area contributed by atoms with E-state index in [0.29, 0.717) is 28.8 Å². The fourth-order valence-corrected chi connectivity index (χ4v) is 3.03. The molecule has 1 aromatic carbocycles. The van der Waals surface area contributed by atoms with Crippen LogP contribution in [0, 0.1) is 6.92 Å². The number of carbonyl (C=O) groups excluding carboxylic acids is 1. The zero-order chi connectivity index (χ0) is 18.5. The molecule has 1 aliphatic heterocycles. The summed E-state index contributed by atoms with van der Waals surface area (Å²) in [5.74, 6) is 1.64. The van der Waals surface area contributed by atoms with Crippen LogP contribution in [-0.4, -0.2) is 48.1 Å². The summed E-state index contributed by atoms with van der Waals surface area (Å²) in [7, 11) is 3.19. The van der Waals surface area contributed by atoms with Crippen LogP contribution in [0.3, 0.4) is 0 Å². The van der Waals surface area contributed by atoms with Crippen LogP contribution >= 0.6 is 0 Å². The Morgan fingerprint density at radius 2 is 1.85 bits per heavy atom. The number of carbonyl (C=O) groups is 1. The highest BCUT2D eigenvalue weighted by Gasteiger charge is 2.20. The number of methoxy groups -OCH3 is 2. The molecule has 1 fully saturated rings. The van der Waals surface area contributed by atoms with Gasteiger partial charge in [-0.3, -0.25) is 4.79 Å². The normalized spacial score (nSPS) is 14.0. The number of piperidine rings is 1. The number of nitrogens with zero attached hydrogens (tertiary/aromatic N) is 3. The van der Waals surface area contributed by atoms with Crippen LogP contribution in [0.25, 0.3) is 0 Å². The standard InChI is InChI=1S/C19H24N4O3/c1-13-11-16(18(24)23-9-5-4-6-10-23)22-19(20-13)21-15-12-14(25-2)7-8-17(15)26-3/h7-8,11-12H,4-6,9-10H2,1-3H3,(H,20,21,22). The second-order valence-corrected chi connectivity index (χ2v) is 6.26. The van der Waals surface area contributed by atoms with Gasteiger partial charge in [-0.05, 0) is 44.4 Å². The number of hydrogen-bond donors (Lipinski definition) is 1. The first-order chi connectivity index (χ1) is 12.6. The minimum Gasteiger partial charge on any atom is -0.497 e.